The van der Waals surface area contributed by atoms with Gasteiger partial charge >= 0.3 is 0 Å². The monoisotopic (exact) mass is 243 g/mol. The fraction of sp³-hybridized carbons (Fsp3) is 0.286. The second-order valence-electron chi connectivity index (χ2n) is 3.86. The number of nitrogens with one attached hydrogen (secondary N) is 1. The van der Waals surface area contributed by atoms with E-state index in [1.807, 2.05) is 31.3 Å². The summed E-state index contributed by atoms with van der Waals surface area (Å²) >= 11 is 0. The van der Waals surface area contributed by atoms with Crippen molar-refractivity contribution < 1.29 is 4.74 Å². The fourth-order valence-corrected chi connectivity index (χ4v) is 1.62. The molecule has 0 bridgehead atoms. The molecule has 0 unspecified atom stereocenters. The number of anilines is 1. The molecule has 0 atom stereocenters. The van der Waals surface area contributed by atoms with Gasteiger partial charge in [-0.1, -0.05) is 6.07 Å². The maximum absolute atomic E-state index is 5.29. The molecule has 4 heteroatoms. The molecule has 2 aromatic rings. The molecular weight excluding hydrogens is 226 g/mol. The molecule has 0 radical (unpaired) electrons. The van der Waals surface area contributed by atoms with E-state index >= 15 is 0 Å². The van der Waals surface area contributed by atoms with E-state index in [1.165, 1.54) is 5.56 Å². The van der Waals surface area contributed by atoms with Crippen molar-refractivity contribution in [3.63, 3.8) is 0 Å². The number of hydrogen-bond donors (Lipinski definition) is 1. The van der Waals surface area contributed by atoms with Gasteiger partial charge in [-0.2, -0.15) is 0 Å². The first kappa shape index (κ1) is 12.4. The van der Waals surface area contributed by atoms with Crippen molar-refractivity contribution in [2.24, 2.45) is 0 Å². The lowest BCUT2D eigenvalue weighted by Crippen LogP contribution is -2.05. The van der Waals surface area contributed by atoms with Crippen LogP contribution in [0.1, 0.15) is 12.5 Å². The molecule has 0 aliphatic rings. The minimum absolute atomic E-state index is 0.640. The minimum atomic E-state index is 0.640. The lowest BCUT2D eigenvalue weighted by molar-refractivity contribution is 0.327. The van der Waals surface area contributed by atoms with Crippen LogP contribution in [0, 0.1) is 0 Å². The van der Waals surface area contributed by atoms with Crippen LogP contribution in [0.25, 0.3) is 0 Å². The van der Waals surface area contributed by atoms with Crippen molar-refractivity contribution in [3.05, 3.63) is 48.4 Å². The van der Waals surface area contributed by atoms with Gasteiger partial charge in [0, 0.05) is 25.0 Å². The van der Waals surface area contributed by atoms with Crippen LogP contribution in [0.3, 0.4) is 0 Å². The number of ether oxygens (including phenoxy) is 1. The van der Waals surface area contributed by atoms with Gasteiger partial charge in [0.1, 0.15) is 0 Å². The second-order valence-corrected chi connectivity index (χ2v) is 3.86. The standard InChI is InChI=1S/C14H17N3O/c1-2-18-14-6-5-13(11-17-14)16-9-7-12-4-3-8-15-10-12/h3-6,8,10-11,16H,2,7,9H2,1H3. The fourth-order valence-electron chi connectivity index (χ4n) is 1.62. The van der Waals surface area contributed by atoms with Crippen molar-refractivity contribution in [2.45, 2.75) is 13.3 Å². The van der Waals surface area contributed by atoms with Crippen LogP contribution in [-0.4, -0.2) is 23.1 Å². The largest absolute Gasteiger partial charge is 0.478 e. The van der Waals surface area contributed by atoms with E-state index in [4.69, 9.17) is 4.74 Å². The van der Waals surface area contributed by atoms with Crippen molar-refractivity contribution in [2.75, 3.05) is 18.5 Å². The van der Waals surface area contributed by atoms with Gasteiger partial charge in [-0.15, -0.1) is 0 Å². The van der Waals surface area contributed by atoms with Crippen LogP contribution in [0.2, 0.25) is 0 Å². The quantitative estimate of drug-likeness (QED) is 0.847. The summed E-state index contributed by atoms with van der Waals surface area (Å²) in [6.07, 6.45) is 6.40. The van der Waals surface area contributed by atoms with Crippen LogP contribution in [-0.2, 0) is 6.42 Å². The minimum Gasteiger partial charge on any atom is -0.478 e. The molecule has 0 aliphatic carbocycles. The van der Waals surface area contributed by atoms with Crippen LogP contribution >= 0.6 is 0 Å². The van der Waals surface area contributed by atoms with E-state index in [0.717, 1.165) is 18.7 Å². The molecule has 0 aromatic carbocycles. The van der Waals surface area contributed by atoms with Gasteiger partial charge in [0.15, 0.2) is 0 Å². The highest BCUT2D eigenvalue weighted by atomic mass is 16.5. The van der Waals surface area contributed by atoms with Gasteiger partial charge in [0.2, 0.25) is 5.88 Å². The first-order chi connectivity index (χ1) is 8.88. The van der Waals surface area contributed by atoms with Gasteiger partial charge in [-0.25, -0.2) is 4.98 Å². The number of pyridine rings is 2. The Morgan fingerprint density at radius 1 is 1.22 bits per heavy atom. The van der Waals surface area contributed by atoms with Crippen LogP contribution in [0.4, 0.5) is 5.69 Å². The van der Waals surface area contributed by atoms with Crippen LogP contribution in [0.15, 0.2) is 42.9 Å². The summed E-state index contributed by atoms with van der Waals surface area (Å²) in [6, 6.07) is 7.87. The van der Waals surface area contributed by atoms with Crippen LogP contribution in [0.5, 0.6) is 5.88 Å². The first-order valence-corrected chi connectivity index (χ1v) is 6.10. The highest BCUT2D eigenvalue weighted by molar-refractivity contribution is 5.42. The average Bonchev–Trinajstić information content (AvgIpc) is 2.42. The molecule has 2 rings (SSSR count). The Morgan fingerprint density at radius 3 is 2.83 bits per heavy atom. The summed E-state index contributed by atoms with van der Waals surface area (Å²) in [5.41, 5.74) is 2.23. The summed E-state index contributed by atoms with van der Waals surface area (Å²) in [7, 11) is 0. The average molecular weight is 243 g/mol. The molecule has 0 fully saturated rings. The molecule has 0 amide bonds. The SMILES string of the molecule is CCOc1ccc(NCCc2cccnc2)cn1. The van der Waals surface area contributed by atoms with Crippen molar-refractivity contribution >= 4 is 5.69 Å². The molecule has 0 saturated heterocycles. The third kappa shape index (κ3) is 3.73. The Hall–Kier alpha value is -2.10. The normalized spacial score (nSPS) is 10.1. The number of rotatable bonds is 6. The Bertz CT molecular complexity index is 456. The maximum Gasteiger partial charge on any atom is 0.213 e. The number of aromatic nitrogens is 2. The van der Waals surface area contributed by atoms with Gasteiger partial charge in [0.25, 0.3) is 0 Å². The predicted octanol–water partition coefficient (Wildman–Crippen LogP) is 2.53. The van der Waals surface area contributed by atoms with Gasteiger partial charge in [-0.3, -0.25) is 4.98 Å². The highest BCUT2D eigenvalue weighted by Crippen LogP contribution is 2.11. The lowest BCUT2D eigenvalue weighted by Gasteiger charge is -2.07. The molecule has 1 N–H and O–H groups in total. The van der Waals surface area contributed by atoms with Gasteiger partial charge in [0.05, 0.1) is 18.5 Å². The maximum atomic E-state index is 5.29. The Kier molecular flexibility index (Phi) is 4.53. The van der Waals surface area contributed by atoms with Crippen molar-refractivity contribution in [1.29, 1.82) is 0 Å². The molecular formula is C14H17N3O. The molecule has 0 saturated carbocycles. The number of nitrogens with zero attached hydrogens (tertiary/aromatic N) is 2. The zero-order valence-corrected chi connectivity index (χ0v) is 10.5. The highest BCUT2D eigenvalue weighted by Gasteiger charge is 1.96. The van der Waals surface area contributed by atoms with E-state index < -0.39 is 0 Å². The van der Waals surface area contributed by atoms with E-state index in [2.05, 4.69) is 21.4 Å². The zero-order valence-electron chi connectivity index (χ0n) is 10.5. The van der Waals surface area contributed by atoms with E-state index in [9.17, 15) is 0 Å². The lowest BCUT2D eigenvalue weighted by atomic mass is 10.2. The van der Waals surface area contributed by atoms with Gasteiger partial charge < -0.3 is 10.1 Å². The summed E-state index contributed by atoms with van der Waals surface area (Å²) in [4.78, 5) is 8.28. The zero-order chi connectivity index (χ0) is 12.6. The Morgan fingerprint density at radius 2 is 2.17 bits per heavy atom. The summed E-state index contributed by atoms with van der Waals surface area (Å²) in [6.45, 7) is 3.45. The molecule has 2 aromatic heterocycles. The Balaban J connectivity index is 1.80. The summed E-state index contributed by atoms with van der Waals surface area (Å²) in [5, 5.41) is 3.32. The van der Waals surface area contributed by atoms with E-state index in [0.29, 0.717) is 12.5 Å². The van der Waals surface area contributed by atoms with Crippen molar-refractivity contribution in [3.8, 4) is 5.88 Å². The predicted molar refractivity (Wildman–Crippen MR) is 71.8 cm³/mol. The van der Waals surface area contributed by atoms with Gasteiger partial charge in [-0.05, 0) is 31.0 Å². The third-order valence-corrected chi connectivity index (χ3v) is 2.49. The van der Waals surface area contributed by atoms with E-state index in [1.54, 1.807) is 12.4 Å². The first-order valence-electron chi connectivity index (χ1n) is 6.10. The molecule has 18 heavy (non-hydrogen) atoms. The van der Waals surface area contributed by atoms with E-state index in [-0.39, 0.29) is 0 Å². The summed E-state index contributed by atoms with van der Waals surface area (Å²) < 4.78 is 5.29. The number of hydrogen-bond acceptors (Lipinski definition) is 4. The van der Waals surface area contributed by atoms with Crippen molar-refractivity contribution in [1.82, 2.24) is 9.97 Å². The Labute approximate surface area is 107 Å². The topological polar surface area (TPSA) is 47.0 Å². The molecule has 2 heterocycles. The molecule has 0 aliphatic heterocycles. The third-order valence-electron chi connectivity index (χ3n) is 2.49. The molecule has 4 nitrogen and oxygen atoms in total. The summed E-state index contributed by atoms with van der Waals surface area (Å²) in [5.74, 6) is 0.662. The smallest absolute Gasteiger partial charge is 0.213 e. The molecule has 94 valence electrons. The van der Waals surface area contributed by atoms with Crippen LogP contribution < -0.4 is 10.1 Å². The second kappa shape index (κ2) is 6.59. The molecule has 0 spiro atoms.